The van der Waals surface area contributed by atoms with Crippen molar-refractivity contribution in [3.63, 3.8) is 0 Å². The summed E-state index contributed by atoms with van der Waals surface area (Å²) in [6.45, 7) is 9.21. The highest BCUT2D eigenvalue weighted by atomic mass is 32.2. The summed E-state index contributed by atoms with van der Waals surface area (Å²) in [6, 6.07) is 7.04. The summed E-state index contributed by atoms with van der Waals surface area (Å²) >= 11 is 8.74. The molecule has 1 fully saturated rings. The van der Waals surface area contributed by atoms with Crippen LogP contribution in [0, 0.1) is 16.8 Å². The van der Waals surface area contributed by atoms with Crippen molar-refractivity contribution in [2.75, 3.05) is 31.9 Å². The lowest BCUT2D eigenvalue weighted by Gasteiger charge is -2.33. The average molecular weight is 459 g/mol. The Kier molecular flexibility index (Phi) is 7.32. The van der Waals surface area contributed by atoms with E-state index in [4.69, 9.17) is 12.2 Å². The number of thioether (sulfide) groups is 1. The van der Waals surface area contributed by atoms with Crippen molar-refractivity contribution in [1.82, 2.24) is 19.0 Å². The number of rotatable bonds is 7. The topological polar surface area (TPSA) is 58.4 Å². The second kappa shape index (κ2) is 9.36. The third kappa shape index (κ3) is 5.43. The number of aromatic nitrogens is 2. The van der Waals surface area contributed by atoms with E-state index >= 15 is 0 Å². The minimum Gasteiger partial charge on any atom is -0.282 e. The Hall–Kier alpha value is -0.780. The van der Waals surface area contributed by atoms with Gasteiger partial charge in [-0.15, -0.1) is 0 Å². The second-order valence-electron chi connectivity index (χ2n) is 7.31. The SMILES string of the molecule is Cc1ccc(S(=O)(=O)N2CCN(Cn3nc(SCC(C)C)sc3=S)CC2)cc1. The number of benzene rings is 1. The minimum atomic E-state index is -3.43. The zero-order valence-corrected chi connectivity index (χ0v) is 19.6. The highest BCUT2D eigenvalue weighted by Gasteiger charge is 2.28. The van der Waals surface area contributed by atoms with E-state index in [-0.39, 0.29) is 0 Å². The molecule has 1 aliphatic heterocycles. The Bertz CT molecular complexity index is 943. The molecule has 1 aromatic carbocycles. The summed E-state index contributed by atoms with van der Waals surface area (Å²) < 4.78 is 30.8. The van der Waals surface area contributed by atoms with Gasteiger partial charge in [-0.2, -0.15) is 9.40 Å². The molecule has 0 spiro atoms. The molecule has 2 aromatic rings. The van der Waals surface area contributed by atoms with Crippen LogP contribution in [0.2, 0.25) is 0 Å². The summed E-state index contributed by atoms with van der Waals surface area (Å²) in [7, 11) is -3.43. The monoisotopic (exact) mass is 458 g/mol. The van der Waals surface area contributed by atoms with Crippen LogP contribution in [0.3, 0.4) is 0 Å². The van der Waals surface area contributed by atoms with Crippen LogP contribution in [-0.4, -0.2) is 59.3 Å². The number of hydrogen-bond donors (Lipinski definition) is 0. The van der Waals surface area contributed by atoms with E-state index in [2.05, 4.69) is 23.8 Å². The molecule has 0 bridgehead atoms. The van der Waals surface area contributed by atoms with Crippen LogP contribution in [0.15, 0.2) is 33.5 Å². The van der Waals surface area contributed by atoms with Crippen molar-refractivity contribution < 1.29 is 8.42 Å². The molecule has 0 aliphatic carbocycles. The normalized spacial score (nSPS) is 16.7. The van der Waals surface area contributed by atoms with Crippen LogP contribution >= 0.6 is 35.3 Å². The molecule has 2 heterocycles. The Morgan fingerprint density at radius 3 is 2.43 bits per heavy atom. The molecule has 28 heavy (non-hydrogen) atoms. The number of aryl methyl sites for hydroxylation is 1. The Morgan fingerprint density at radius 2 is 1.82 bits per heavy atom. The average Bonchev–Trinajstić information content (AvgIpc) is 3.00. The molecule has 0 radical (unpaired) electrons. The zero-order chi connectivity index (χ0) is 20.3. The van der Waals surface area contributed by atoms with Gasteiger partial charge < -0.3 is 0 Å². The van der Waals surface area contributed by atoms with Gasteiger partial charge in [0.25, 0.3) is 0 Å². The van der Waals surface area contributed by atoms with Crippen molar-refractivity contribution in [2.24, 2.45) is 5.92 Å². The molecule has 0 atom stereocenters. The fourth-order valence-electron chi connectivity index (χ4n) is 2.83. The predicted octanol–water partition coefficient (Wildman–Crippen LogP) is 3.69. The fraction of sp³-hybridized carbons (Fsp3) is 0.556. The first-order valence-electron chi connectivity index (χ1n) is 9.25. The number of piperazine rings is 1. The van der Waals surface area contributed by atoms with Crippen molar-refractivity contribution in [3.8, 4) is 0 Å². The third-order valence-corrected chi connectivity index (χ3v) is 9.23. The maximum absolute atomic E-state index is 12.8. The lowest BCUT2D eigenvalue weighted by atomic mass is 10.2. The predicted molar refractivity (Wildman–Crippen MR) is 118 cm³/mol. The van der Waals surface area contributed by atoms with E-state index in [1.807, 2.05) is 23.7 Å². The van der Waals surface area contributed by atoms with E-state index in [0.717, 1.165) is 19.6 Å². The summed E-state index contributed by atoms with van der Waals surface area (Å²) in [4.78, 5) is 2.56. The van der Waals surface area contributed by atoms with Gasteiger partial charge in [-0.3, -0.25) is 4.90 Å². The highest BCUT2D eigenvalue weighted by molar-refractivity contribution is 8.01. The smallest absolute Gasteiger partial charge is 0.243 e. The van der Waals surface area contributed by atoms with Crippen LogP contribution in [-0.2, 0) is 16.7 Å². The molecule has 154 valence electrons. The van der Waals surface area contributed by atoms with Gasteiger partial charge in [-0.25, -0.2) is 13.1 Å². The number of hydrogen-bond acceptors (Lipinski definition) is 7. The van der Waals surface area contributed by atoms with Gasteiger partial charge in [-0.1, -0.05) is 54.6 Å². The summed E-state index contributed by atoms with van der Waals surface area (Å²) in [5.41, 5.74) is 1.05. The fourth-order valence-corrected chi connectivity index (χ4v) is 6.55. The summed E-state index contributed by atoms with van der Waals surface area (Å²) in [5, 5.41) is 4.62. The van der Waals surface area contributed by atoms with Gasteiger partial charge in [0.2, 0.25) is 10.0 Å². The Labute approximate surface area is 180 Å². The number of nitrogens with zero attached hydrogens (tertiary/aromatic N) is 4. The van der Waals surface area contributed by atoms with Crippen LogP contribution in [0.25, 0.3) is 0 Å². The van der Waals surface area contributed by atoms with Crippen molar-refractivity contribution in [2.45, 2.75) is 36.7 Å². The second-order valence-corrected chi connectivity index (χ2v) is 12.1. The van der Waals surface area contributed by atoms with Crippen LogP contribution in [0.5, 0.6) is 0 Å². The van der Waals surface area contributed by atoms with Gasteiger partial charge in [0.15, 0.2) is 8.29 Å². The maximum atomic E-state index is 12.8. The first kappa shape index (κ1) is 21.9. The first-order chi connectivity index (χ1) is 13.3. The van der Waals surface area contributed by atoms with Crippen LogP contribution < -0.4 is 0 Å². The van der Waals surface area contributed by atoms with E-state index in [9.17, 15) is 8.42 Å². The Morgan fingerprint density at radius 1 is 1.18 bits per heavy atom. The summed E-state index contributed by atoms with van der Waals surface area (Å²) in [5.74, 6) is 1.64. The van der Waals surface area contributed by atoms with E-state index in [1.54, 1.807) is 39.5 Å². The lowest BCUT2D eigenvalue weighted by molar-refractivity contribution is 0.144. The molecule has 1 aromatic heterocycles. The van der Waals surface area contributed by atoms with Crippen molar-refractivity contribution >= 4 is 45.3 Å². The molecule has 1 aliphatic rings. The van der Waals surface area contributed by atoms with Crippen LogP contribution in [0.1, 0.15) is 19.4 Å². The van der Waals surface area contributed by atoms with Crippen LogP contribution in [0.4, 0.5) is 0 Å². The molecule has 0 N–H and O–H groups in total. The summed E-state index contributed by atoms with van der Waals surface area (Å²) in [6.07, 6.45) is 0. The lowest BCUT2D eigenvalue weighted by Crippen LogP contribution is -2.48. The molecular weight excluding hydrogens is 432 g/mol. The quantitative estimate of drug-likeness (QED) is 0.466. The molecule has 0 amide bonds. The van der Waals surface area contributed by atoms with E-state index in [1.165, 1.54) is 0 Å². The van der Waals surface area contributed by atoms with Gasteiger partial charge in [0.1, 0.15) is 0 Å². The molecule has 6 nitrogen and oxygen atoms in total. The maximum Gasteiger partial charge on any atom is 0.243 e. The van der Waals surface area contributed by atoms with Gasteiger partial charge in [0.05, 0.1) is 11.6 Å². The van der Waals surface area contributed by atoms with E-state index in [0.29, 0.717) is 43.7 Å². The molecular formula is C18H26N4O2S4. The van der Waals surface area contributed by atoms with Crippen molar-refractivity contribution in [3.05, 3.63) is 33.8 Å². The van der Waals surface area contributed by atoms with Gasteiger partial charge in [-0.05, 0) is 37.2 Å². The largest absolute Gasteiger partial charge is 0.282 e. The molecule has 1 saturated heterocycles. The standard InChI is InChI=1S/C18H26N4O2S4/c1-14(2)12-26-17-19-22(18(25)27-17)13-20-8-10-21(11-9-20)28(23,24)16-6-4-15(3)5-7-16/h4-7,14H,8-13H2,1-3H3. The molecule has 3 rings (SSSR count). The highest BCUT2D eigenvalue weighted by Crippen LogP contribution is 2.24. The Balaban J connectivity index is 1.58. The third-order valence-electron chi connectivity index (χ3n) is 4.45. The number of sulfonamides is 1. The van der Waals surface area contributed by atoms with Gasteiger partial charge in [0, 0.05) is 31.9 Å². The first-order valence-corrected chi connectivity index (χ1v) is 12.9. The van der Waals surface area contributed by atoms with Gasteiger partial charge >= 0.3 is 0 Å². The molecule has 0 unspecified atom stereocenters. The van der Waals surface area contributed by atoms with E-state index < -0.39 is 10.0 Å². The minimum absolute atomic E-state index is 0.361. The zero-order valence-electron chi connectivity index (χ0n) is 16.4. The molecule has 0 saturated carbocycles. The molecule has 10 heteroatoms. The van der Waals surface area contributed by atoms with Crippen molar-refractivity contribution in [1.29, 1.82) is 0 Å².